The molecule has 0 atom stereocenters. The van der Waals surface area contributed by atoms with Gasteiger partial charge in [0.1, 0.15) is 0 Å². The van der Waals surface area contributed by atoms with Gasteiger partial charge in [-0.25, -0.2) is 0 Å². The van der Waals surface area contributed by atoms with Gasteiger partial charge in [0.05, 0.1) is 0 Å². The second kappa shape index (κ2) is 4.94. The molecule has 1 aromatic rings. The average Bonchev–Trinajstić information content (AvgIpc) is 1.88. The van der Waals surface area contributed by atoms with E-state index >= 15 is 0 Å². The predicted octanol–water partition coefficient (Wildman–Crippen LogP) is -1.53. The quantitative estimate of drug-likeness (QED) is 0.359. The van der Waals surface area contributed by atoms with E-state index in [0.717, 1.165) is 0 Å². The summed E-state index contributed by atoms with van der Waals surface area (Å²) < 4.78 is 0. The van der Waals surface area contributed by atoms with Crippen LogP contribution in [0.1, 0.15) is 0 Å². The number of nitrogens with zero attached hydrogens (tertiary/aromatic N) is 1. The van der Waals surface area contributed by atoms with Crippen LogP contribution in [0, 0.1) is 0 Å². The lowest BCUT2D eigenvalue weighted by molar-refractivity contribution is 0.117. The molecule has 62 valence electrons. The van der Waals surface area contributed by atoms with Gasteiger partial charge in [-0.15, -0.1) is 0 Å². The van der Waals surface area contributed by atoms with E-state index in [-0.39, 0.29) is 0 Å². The summed E-state index contributed by atoms with van der Waals surface area (Å²) in [4.78, 5) is 33.1. The molecular formula is C5H9NO4Si. The molecule has 0 aliphatic rings. The van der Waals surface area contributed by atoms with Crippen LogP contribution < -0.4 is 0 Å². The summed E-state index contributed by atoms with van der Waals surface area (Å²) in [5.74, 6) is 0. The van der Waals surface area contributed by atoms with Crippen LogP contribution in [0.3, 0.4) is 0 Å². The van der Waals surface area contributed by atoms with Gasteiger partial charge in [-0.05, 0) is 12.1 Å². The van der Waals surface area contributed by atoms with E-state index in [0.29, 0.717) is 0 Å². The van der Waals surface area contributed by atoms with Gasteiger partial charge >= 0.3 is 9.05 Å². The predicted molar refractivity (Wildman–Crippen MR) is 38.9 cm³/mol. The van der Waals surface area contributed by atoms with Crippen LogP contribution in [-0.4, -0.2) is 33.2 Å². The first-order chi connectivity index (χ1) is 5.00. The molecule has 1 heterocycles. The van der Waals surface area contributed by atoms with Crippen LogP contribution in [0.4, 0.5) is 0 Å². The lowest BCUT2D eigenvalue weighted by atomic mass is 10.5. The number of rotatable bonds is 0. The van der Waals surface area contributed by atoms with Crippen LogP contribution in [0.2, 0.25) is 0 Å². The highest BCUT2D eigenvalue weighted by molar-refractivity contribution is 6.46. The summed E-state index contributed by atoms with van der Waals surface area (Å²) in [6.07, 6.45) is 3.50. The van der Waals surface area contributed by atoms with Crippen molar-refractivity contribution in [2.45, 2.75) is 0 Å². The first-order valence-electron chi connectivity index (χ1n) is 2.74. The second-order valence-corrected chi connectivity index (χ2v) is 2.82. The summed E-state index contributed by atoms with van der Waals surface area (Å²) in [5.41, 5.74) is 0. The van der Waals surface area contributed by atoms with Crippen molar-refractivity contribution in [3.63, 3.8) is 0 Å². The molecule has 0 unspecified atom stereocenters. The topological polar surface area (TPSA) is 93.8 Å². The van der Waals surface area contributed by atoms with E-state index in [1.165, 1.54) is 0 Å². The Morgan fingerprint density at radius 1 is 0.818 bits per heavy atom. The van der Waals surface area contributed by atoms with Gasteiger partial charge in [-0.1, -0.05) is 6.07 Å². The minimum atomic E-state index is -4.61. The van der Waals surface area contributed by atoms with Crippen molar-refractivity contribution in [2.75, 3.05) is 0 Å². The van der Waals surface area contributed by atoms with E-state index < -0.39 is 9.05 Å². The molecule has 0 aromatic carbocycles. The van der Waals surface area contributed by atoms with Crippen molar-refractivity contribution < 1.29 is 19.2 Å². The highest BCUT2D eigenvalue weighted by Crippen LogP contribution is 1.73. The third-order valence-electron chi connectivity index (χ3n) is 0.566. The summed E-state index contributed by atoms with van der Waals surface area (Å²) in [5, 5.41) is 0. The Morgan fingerprint density at radius 3 is 1.27 bits per heavy atom. The average molecular weight is 175 g/mol. The van der Waals surface area contributed by atoms with E-state index in [4.69, 9.17) is 19.2 Å². The van der Waals surface area contributed by atoms with Gasteiger partial charge in [0, 0.05) is 12.4 Å². The Hall–Kier alpha value is -0.793. The Balaban J connectivity index is 0.000000187. The molecule has 11 heavy (non-hydrogen) atoms. The van der Waals surface area contributed by atoms with E-state index in [1.807, 2.05) is 18.2 Å². The Bertz CT molecular complexity index is 143. The number of aromatic nitrogens is 1. The SMILES string of the molecule is O[Si](O)(O)O.c1ccncc1. The van der Waals surface area contributed by atoms with E-state index in [2.05, 4.69) is 4.98 Å². The van der Waals surface area contributed by atoms with Gasteiger partial charge in [-0.2, -0.15) is 0 Å². The standard InChI is InChI=1S/C5H5N.H4O4Si/c1-2-4-6-5-3-1;1-5(2,3)4/h1-5H;1-4H. The van der Waals surface area contributed by atoms with Crippen molar-refractivity contribution in [3.8, 4) is 0 Å². The molecule has 6 heteroatoms. The fourth-order valence-electron chi connectivity index (χ4n) is 0.313. The highest BCUT2D eigenvalue weighted by atomic mass is 28.4. The molecule has 0 aliphatic carbocycles. The van der Waals surface area contributed by atoms with Crippen LogP contribution in [0.5, 0.6) is 0 Å². The van der Waals surface area contributed by atoms with Gasteiger partial charge in [0.15, 0.2) is 0 Å². The Morgan fingerprint density at radius 2 is 1.18 bits per heavy atom. The molecule has 0 spiro atoms. The zero-order chi connectivity index (χ0) is 8.74. The number of hydrogen-bond donors (Lipinski definition) is 4. The molecule has 4 N–H and O–H groups in total. The monoisotopic (exact) mass is 175 g/mol. The largest absolute Gasteiger partial charge is 0.668 e. The smallest absolute Gasteiger partial charge is 0.368 e. The summed E-state index contributed by atoms with van der Waals surface area (Å²) in [7, 11) is -4.61. The Labute approximate surface area is 64.7 Å². The number of hydrogen-bond acceptors (Lipinski definition) is 5. The van der Waals surface area contributed by atoms with Gasteiger partial charge in [0.2, 0.25) is 0 Å². The summed E-state index contributed by atoms with van der Waals surface area (Å²) in [6, 6.07) is 5.72. The normalized spacial score (nSPS) is 9.82. The third kappa shape index (κ3) is 17.6. The Kier molecular flexibility index (Phi) is 4.58. The van der Waals surface area contributed by atoms with Crippen molar-refractivity contribution in [2.24, 2.45) is 0 Å². The maximum atomic E-state index is 7.33. The van der Waals surface area contributed by atoms with Crippen molar-refractivity contribution >= 4 is 9.05 Å². The summed E-state index contributed by atoms with van der Waals surface area (Å²) >= 11 is 0. The zero-order valence-electron chi connectivity index (χ0n) is 5.62. The minimum absolute atomic E-state index is 1.75. The fourth-order valence-corrected chi connectivity index (χ4v) is 0.313. The second-order valence-electron chi connectivity index (χ2n) is 1.62. The molecule has 0 saturated carbocycles. The highest BCUT2D eigenvalue weighted by Gasteiger charge is 2.22. The molecule has 1 aromatic heterocycles. The summed E-state index contributed by atoms with van der Waals surface area (Å²) in [6.45, 7) is 0. The lowest BCUT2D eigenvalue weighted by Gasteiger charge is -1.91. The molecule has 0 bridgehead atoms. The molecule has 1 rings (SSSR count). The van der Waals surface area contributed by atoms with Crippen LogP contribution in [0.25, 0.3) is 0 Å². The van der Waals surface area contributed by atoms with Gasteiger partial charge in [-0.3, -0.25) is 4.98 Å². The number of pyridine rings is 1. The molecular weight excluding hydrogens is 166 g/mol. The first-order valence-corrected chi connectivity index (χ1v) is 4.53. The molecule has 0 radical (unpaired) electrons. The lowest BCUT2D eigenvalue weighted by Crippen LogP contribution is -2.33. The first kappa shape index (κ1) is 10.2. The maximum Gasteiger partial charge on any atom is 0.668 e. The van der Waals surface area contributed by atoms with Crippen molar-refractivity contribution in [1.82, 2.24) is 4.98 Å². The van der Waals surface area contributed by atoms with E-state index in [1.54, 1.807) is 12.4 Å². The maximum absolute atomic E-state index is 7.33. The fraction of sp³-hybridized carbons (Fsp3) is 0. The molecule has 0 amide bonds. The van der Waals surface area contributed by atoms with Crippen molar-refractivity contribution in [3.05, 3.63) is 30.6 Å². The van der Waals surface area contributed by atoms with Crippen LogP contribution in [0.15, 0.2) is 30.6 Å². The molecule has 0 aliphatic heterocycles. The van der Waals surface area contributed by atoms with Gasteiger partial charge < -0.3 is 19.2 Å². The third-order valence-corrected chi connectivity index (χ3v) is 0.566. The minimum Gasteiger partial charge on any atom is -0.368 e. The molecule has 0 fully saturated rings. The molecule has 5 nitrogen and oxygen atoms in total. The van der Waals surface area contributed by atoms with Gasteiger partial charge in [0.25, 0.3) is 0 Å². The molecule has 0 saturated heterocycles. The van der Waals surface area contributed by atoms with E-state index in [9.17, 15) is 0 Å². The van der Waals surface area contributed by atoms with Crippen LogP contribution >= 0.6 is 0 Å². The van der Waals surface area contributed by atoms with Crippen LogP contribution in [-0.2, 0) is 0 Å². The zero-order valence-corrected chi connectivity index (χ0v) is 6.62. The van der Waals surface area contributed by atoms with Crippen molar-refractivity contribution in [1.29, 1.82) is 0 Å².